The molecule has 0 saturated carbocycles. The number of likely N-dealkylation sites (N-methyl/N-ethyl adjacent to an activating group) is 1. The highest BCUT2D eigenvalue weighted by Crippen LogP contribution is 2.45. The van der Waals surface area contributed by atoms with Crippen LogP contribution in [0, 0.1) is 0 Å². The number of amidine groups is 1. The van der Waals surface area contributed by atoms with E-state index in [-0.39, 0.29) is 18.2 Å². The molecule has 2 aliphatic rings. The van der Waals surface area contributed by atoms with Crippen LogP contribution >= 0.6 is 11.8 Å². The van der Waals surface area contributed by atoms with Crippen molar-refractivity contribution in [3.8, 4) is 5.75 Å². The zero-order valence-corrected chi connectivity index (χ0v) is 21.2. The Kier molecular flexibility index (Phi) is 7.65. The summed E-state index contributed by atoms with van der Waals surface area (Å²) < 4.78 is 10.8. The molecule has 2 aromatic rings. The summed E-state index contributed by atoms with van der Waals surface area (Å²) in [6.07, 6.45) is 1.73. The molecule has 9 heteroatoms. The second-order valence-electron chi connectivity index (χ2n) is 8.18. The van der Waals surface area contributed by atoms with Crippen LogP contribution < -0.4 is 10.1 Å². The molecule has 1 N–H and O–H groups in total. The molecule has 2 aliphatic heterocycles. The predicted molar refractivity (Wildman–Crippen MR) is 136 cm³/mol. The molecule has 1 aromatic carbocycles. The van der Waals surface area contributed by atoms with Gasteiger partial charge in [0.05, 0.1) is 43.7 Å². The number of furan rings is 1. The molecule has 0 fully saturated rings. The summed E-state index contributed by atoms with van der Waals surface area (Å²) >= 11 is 1.46. The Morgan fingerprint density at radius 2 is 2.03 bits per heavy atom. The van der Waals surface area contributed by atoms with E-state index in [0.717, 1.165) is 16.4 Å². The Morgan fingerprint density at radius 3 is 2.71 bits per heavy atom. The smallest absolute Gasteiger partial charge is 0.254 e. The van der Waals surface area contributed by atoms with Crippen LogP contribution in [-0.2, 0) is 16.1 Å². The first-order valence-corrected chi connectivity index (χ1v) is 12.5. The van der Waals surface area contributed by atoms with Crippen molar-refractivity contribution in [3.63, 3.8) is 0 Å². The Bertz CT molecular complexity index is 1180. The van der Waals surface area contributed by atoms with Gasteiger partial charge in [0.1, 0.15) is 11.5 Å². The van der Waals surface area contributed by atoms with Gasteiger partial charge in [-0.15, -0.1) is 0 Å². The van der Waals surface area contributed by atoms with Crippen LogP contribution in [-0.4, -0.2) is 47.0 Å². The number of methoxy groups -OCH3 is 1. The third-order valence-corrected chi connectivity index (χ3v) is 6.96. The van der Waals surface area contributed by atoms with Crippen molar-refractivity contribution in [1.82, 2.24) is 15.1 Å². The Labute approximate surface area is 209 Å². The van der Waals surface area contributed by atoms with E-state index in [0.29, 0.717) is 42.4 Å². The number of nitrogens with one attached hydrogen (secondary N) is 1. The van der Waals surface area contributed by atoms with E-state index in [9.17, 15) is 9.59 Å². The summed E-state index contributed by atoms with van der Waals surface area (Å²) in [7, 11) is 1.62. The SMILES string of the molecule is CCN(CC)C(=O)C1=C(C)N=C2SC=C(CC(=O)NCc3ccco3)N2C1c1cccc(OC)c1. The third-order valence-electron chi connectivity index (χ3n) is 6.07. The molecule has 0 spiro atoms. The van der Waals surface area contributed by atoms with Crippen LogP contribution in [0.25, 0.3) is 0 Å². The van der Waals surface area contributed by atoms with E-state index < -0.39 is 6.04 Å². The van der Waals surface area contributed by atoms with Crippen molar-refractivity contribution in [1.29, 1.82) is 0 Å². The fraction of sp³-hybridized carbons (Fsp3) is 0.346. The van der Waals surface area contributed by atoms with Crippen LogP contribution in [0.4, 0.5) is 0 Å². The molecule has 184 valence electrons. The van der Waals surface area contributed by atoms with Crippen LogP contribution in [0.1, 0.15) is 44.6 Å². The minimum Gasteiger partial charge on any atom is -0.497 e. The van der Waals surface area contributed by atoms with E-state index in [2.05, 4.69) is 5.32 Å². The third kappa shape index (κ3) is 5.14. The summed E-state index contributed by atoms with van der Waals surface area (Å²) in [4.78, 5) is 35.1. The number of hydrogen-bond acceptors (Lipinski definition) is 7. The van der Waals surface area contributed by atoms with Gasteiger partial charge in [0.2, 0.25) is 5.91 Å². The molecule has 1 aromatic heterocycles. The minimum atomic E-state index is -0.426. The maximum atomic E-state index is 13.7. The largest absolute Gasteiger partial charge is 0.497 e. The summed E-state index contributed by atoms with van der Waals surface area (Å²) in [5.41, 5.74) is 2.98. The zero-order valence-electron chi connectivity index (χ0n) is 20.4. The first kappa shape index (κ1) is 24.7. The van der Waals surface area contributed by atoms with Crippen molar-refractivity contribution in [2.75, 3.05) is 20.2 Å². The number of nitrogens with zero attached hydrogens (tertiary/aromatic N) is 3. The monoisotopic (exact) mass is 494 g/mol. The van der Waals surface area contributed by atoms with E-state index in [1.165, 1.54) is 11.8 Å². The van der Waals surface area contributed by atoms with Crippen LogP contribution in [0.15, 0.2) is 74.4 Å². The first-order valence-electron chi connectivity index (χ1n) is 11.6. The number of thioether (sulfide) groups is 1. The maximum absolute atomic E-state index is 13.7. The van der Waals surface area contributed by atoms with Crippen molar-refractivity contribution in [2.24, 2.45) is 4.99 Å². The van der Waals surface area contributed by atoms with Crippen molar-refractivity contribution in [3.05, 3.63) is 76.4 Å². The highest BCUT2D eigenvalue weighted by Gasteiger charge is 2.41. The Morgan fingerprint density at radius 1 is 1.23 bits per heavy atom. The molecular formula is C26H30N4O4S. The maximum Gasteiger partial charge on any atom is 0.254 e. The lowest BCUT2D eigenvalue weighted by Gasteiger charge is -2.38. The normalized spacial score (nSPS) is 17.0. The Hall–Kier alpha value is -3.46. The van der Waals surface area contributed by atoms with Crippen LogP contribution in [0.3, 0.4) is 0 Å². The fourth-order valence-electron chi connectivity index (χ4n) is 4.28. The summed E-state index contributed by atoms with van der Waals surface area (Å²) in [5.74, 6) is 1.20. The fourth-order valence-corrected chi connectivity index (χ4v) is 5.24. The van der Waals surface area contributed by atoms with E-state index in [4.69, 9.17) is 14.1 Å². The number of carbonyl (C=O) groups is 2. The Balaban J connectivity index is 1.68. The molecule has 0 radical (unpaired) electrons. The zero-order chi connectivity index (χ0) is 24.9. The summed E-state index contributed by atoms with van der Waals surface area (Å²) in [6.45, 7) is 7.33. The quantitative estimate of drug-likeness (QED) is 0.555. The van der Waals surface area contributed by atoms with E-state index in [1.807, 2.05) is 61.4 Å². The van der Waals surface area contributed by atoms with Gasteiger partial charge in [-0.3, -0.25) is 9.59 Å². The average molecular weight is 495 g/mol. The van der Waals surface area contributed by atoms with Gasteiger partial charge in [0.25, 0.3) is 5.91 Å². The number of benzene rings is 1. The number of ether oxygens (including phenoxy) is 1. The number of carbonyl (C=O) groups excluding carboxylic acids is 2. The molecule has 3 heterocycles. The highest BCUT2D eigenvalue weighted by molar-refractivity contribution is 8.16. The molecule has 0 bridgehead atoms. The topological polar surface area (TPSA) is 87.4 Å². The van der Waals surface area contributed by atoms with Gasteiger partial charge < -0.3 is 24.3 Å². The lowest BCUT2D eigenvalue weighted by Crippen LogP contribution is -2.42. The standard InChI is InChI=1S/C26H30N4O4S/c1-5-29(6-2)25(32)23-17(3)28-26-30(24(23)18-9-7-10-20(13-18)33-4)19(16-35-26)14-22(31)27-15-21-11-8-12-34-21/h7-13,16,24H,5-6,14-15H2,1-4H3,(H,27,31). The van der Waals surface area contributed by atoms with Gasteiger partial charge in [-0.2, -0.15) is 0 Å². The molecule has 4 rings (SSSR count). The average Bonchev–Trinajstić information content (AvgIpc) is 3.53. The molecule has 0 saturated heterocycles. The number of amides is 2. The van der Waals surface area contributed by atoms with Crippen molar-refractivity contribution in [2.45, 2.75) is 39.8 Å². The summed E-state index contributed by atoms with van der Waals surface area (Å²) in [5, 5.41) is 5.59. The van der Waals surface area contributed by atoms with Crippen LogP contribution in [0.2, 0.25) is 0 Å². The van der Waals surface area contributed by atoms with Gasteiger partial charge in [-0.05, 0) is 56.0 Å². The predicted octanol–water partition coefficient (Wildman–Crippen LogP) is 4.44. The second-order valence-corrected chi connectivity index (χ2v) is 9.02. The molecular weight excluding hydrogens is 464 g/mol. The van der Waals surface area contributed by atoms with E-state index in [1.54, 1.807) is 24.3 Å². The lowest BCUT2D eigenvalue weighted by molar-refractivity contribution is -0.127. The van der Waals surface area contributed by atoms with Crippen molar-refractivity contribution < 1.29 is 18.7 Å². The number of rotatable bonds is 9. The van der Waals surface area contributed by atoms with Crippen LogP contribution in [0.5, 0.6) is 5.75 Å². The number of aliphatic imine (C=N–C) groups is 1. The van der Waals surface area contributed by atoms with Gasteiger partial charge in [0, 0.05) is 18.8 Å². The molecule has 1 atom stereocenters. The van der Waals surface area contributed by atoms with Gasteiger partial charge in [-0.1, -0.05) is 23.9 Å². The molecule has 1 unspecified atom stereocenters. The second kappa shape index (κ2) is 10.9. The lowest BCUT2D eigenvalue weighted by atomic mass is 9.92. The number of allylic oxidation sites excluding steroid dienone is 1. The van der Waals surface area contributed by atoms with Crippen molar-refractivity contribution >= 4 is 28.7 Å². The van der Waals surface area contributed by atoms with E-state index >= 15 is 0 Å². The number of fused-ring (bicyclic) bond motifs is 1. The minimum absolute atomic E-state index is 0.0540. The van der Waals surface area contributed by atoms with Gasteiger partial charge in [0.15, 0.2) is 5.17 Å². The molecule has 0 aliphatic carbocycles. The van der Waals surface area contributed by atoms with Gasteiger partial charge in [-0.25, -0.2) is 4.99 Å². The molecule has 35 heavy (non-hydrogen) atoms. The number of hydrogen-bond donors (Lipinski definition) is 1. The first-order chi connectivity index (χ1) is 17.0. The highest BCUT2D eigenvalue weighted by atomic mass is 32.2. The molecule has 2 amide bonds. The summed E-state index contributed by atoms with van der Waals surface area (Å²) in [6, 6.07) is 10.9. The van der Waals surface area contributed by atoms with Gasteiger partial charge >= 0.3 is 0 Å². The molecule has 8 nitrogen and oxygen atoms in total.